The van der Waals surface area contributed by atoms with Gasteiger partial charge in [-0.25, -0.2) is 18.2 Å². The topological polar surface area (TPSA) is 255 Å². The Balaban J connectivity index is 0.00000294. The van der Waals surface area contributed by atoms with Crippen LogP contribution in [0.2, 0.25) is 0 Å². The molecule has 23 heteroatoms. The minimum absolute atomic E-state index is 0. The van der Waals surface area contributed by atoms with Crippen molar-refractivity contribution >= 4 is 68.0 Å². The number of fused-ring (bicyclic) bond motifs is 1. The molecule has 3 aromatic carbocycles. The van der Waals surface area contributed by atoms with E-state index in [4.69, 9.17) is 0 Å². The Bertz CT molecular complexity index is 1650. The number of anilines is 4. The monoisotopic (exact) mass is 714 g/mol. The molecule has 42 heavy (non-hydrogen) atoms. The van der Waals surface area contributed by atoms with Gasteiger partial charge >= 0.3 is 160 Å². The van der Waals surface area contributed by atoms with Crippen LogP contribution in [0.15, 0.2) is 68.3 Å². The number of aromatic amines is 1. The number of aromatic hydroxyl groups is 1. The minimum atomic E-state index is -4.98. The maximum Gasteiger partial charge on any atom is 1.00 e. The number of nitrogens with one attached hydrogen (secondary N) is 4. The van der Waals surface area contributed by atoms with Crippen LogP contribution < -0.4 is 187 Å². The molecule has 0 saturated heterocycles. The van der Waals surface area contributed by atoms with E-state index in [1.807, 2.05) is 0 Å². The van der Waals surface area contributed by atoms with E-state index in [0.29, 0.717) is 34.7 Å². The van der Waals surface area contributed by atoms with E-state index in [0.717, 1.165) is 18.5 Å². The van der Waals surface area contributed by atoms with Gasteiger partial charge in [-0.1, -0.05) is 0 Å². The van der Waals surface area contributed by atoms with Crippen LogP contribution in [0.5, 0.6) is 5.75 Å². The third-order valence-corrected chi connectivity index (χ3v) is 6.80. The van der Waals surface area contributed by atoms with Crippen LogP contribution in [-0.4, -0.2) is 33.0 Å². The van der Waals surface area contributed by atoms with Gasteiger partial charge in [-0.3, -0.25) is 20.5 Å². The van der Waals surface area contributed by atoms with Crippen molar-refractivity contribution in [3.05, 3.63) is 59.3 Å². The van der Waals surface area contributed by atoms with Crippen LogP contribution in [0.4, 0.5) is 23.0 Å². The van der Waals surface area contributed by atoms with E-state index in [1.54, 1.807) is 24.3 Å². The zero-order valence-corrected chi connectivity index (χ0v) is 33.6. The molecule has 4 aromatic rings. The minimum Gasteiger partial charge on any atom is -0.744 e. The first-order valence-electron chi connectivity index (χ1n) is 10.1. The predicted molar refractivity (Wildman–Crippen MR) is 129 cm³/mol. The molecule has 0 atom stereocenters. The van der Waals surface area contributed by atoms with Crippen LogP contribution in [0.25, 0.3) is 10.8 Å². The molecule has 1 aromatic heterocycles. The summed E-state index contributed by atoms with van der Waals surface area (Å²) in [6.45, 7) is 0. The van der Waals surface area contributed by atoms with Crippen molar-refractivity contribution < 1.29 is 201 Å². The Morgan fingerprint density at radius 1 is 0.929 bits per heavy atom. The van der Waals surface area contributed by atoms with Crippen LogP contribution in [0, 0.1) is 0 Å². The van der Waals surface area contributed by atoms with Crippen molar-refractivity contribution in [1.82, 2.24) is 15.0 Å². The first-order valence-corrected chi connectivity index (χ1v) is 12.9. The van der Waals surface area contributed by atoms with Gasteiger partial charge in [0.2, 0.25) is 5.95 Å². The molecule has 206 valence electrons. The number of aromatic nitrogens is 3. The van der Waals surface area contributed by atoms with Gasteiger partial charge in [0.15, 0.2) is 5.75 Å². The van der Waals surface area contributed by atoms with Gasteiger partial charge in [-0.2, -0.15) is 13.7 Å². The van der Waals surface area contributed by atoms with Gasteiger partial charge in [0.05, 0.1) is 45.3 Å². The predicted octanol–water partition coefficient (Wildman–Crippen LogP) is -8.42. The third kappa shape index (κ3) is 11.5. The smallest absolute Gasteiger partial charge is 0.744 e. The first-order chi connectivity index (χ1) is 18.7. The molecule has 0 bridgehead atoms. The van der Waals surface area contributed by atoms with Gasteiger partial charge in [-0.15, -0.1) is 0 Å². The van der Waals surface area contributed by atoms with Crippen LogP contribution in [0.3, 0.4) is 0 Å². The summed E-state index contributed by atoms with van der Waals surface area (Å²) >= 11 is 1.05. The van der Waals surface area contributed by atoms with E-state index in [2.05, 4.69) is 49.9 Å². The molecule has 0 aliphatic rings. The maximum atomic E-state index is 11.8. The normalized spacial score (nSPS) is 10.6. The SMILES string of the molecule is O=c1ncnc(Nc2cc(S(=O)(=O)[O-])cc3cc(SOO[O-])c(NNc4ccc(SOO[O-])cc4)c(O)c23)[nH]1.[K+].[K+].[K+]. The average molecular weight is 715 g/mol. The number of rotatable bonds is 12. The summed E-state index contributed by atoms with van der Waals surface area (Å²) in [6, 6.07) is 9.54. The fraction of sp³-hybridized carbons (Fsp3) is 0. The number of hydrogen-bond donors (Lipinski definition) is 5. The van der Waals surface area contributed by atoms with Crippen LogP contribution in [-0.2, 0) is 28.9 Å². The van der Waals surface area contributed by atoms with Crippen molar-refractivity contribution in [1.29, 1.82) is 0 Å². The molecule has 5 N–H and O–H groups in total. The Morgan fingerprint density at radius 2 is 1.60 bits per heavy atom. The summed E-state index contributed by atoms with van der Waals surface area (Å²) < 4.78 is 44.1. The molecular formula is C19H13K3N6O11S3. The first kappa shape index (κ1) is 41.2. The Labute approximate surface area is 372 Å². The summed E-state index contributed by atoms with van der Waals surface area (Å²) in [6.07, 6.45) is 0.937. The summed E-state index contributed by atoms with van der Waals surface area (Å²) in [5.74, 6) is -0.673. The van der Waals surface area contributed by atoms with Crippen LogP contribution in [0.1, 0.15) is 0 Å². The van der Waals surface area contributed by atoms with E-state index in [1.165, 1.54) is 6.07 Å². The molecule has 0 aliphatic carbocycles. The molecule has 0 saturated carbocycles. The van der Waals surface area contributed by atoms with Gasteiger partial charge < -0.3 is 30.9 Å². The summed E-state index contributed by atoms with van der Waals surface area (Å²) in [5, 5.41) is 41.0. The summed E-state index contributed by atoms with van der Waals surface area (Å²) in [4.78, 5) is 21.0. The molecule has 17 nitrogen and oxygen atoms in total. The molecule has 1 heterocycles. The molecule has 0 spiro atoms. The fourth-order valence-corrected chi connectivity index (χ4v) is 4.62. The van der Waals surface area contributed by atoms with E-state index in [-0.39, 0.29) is 187 Å². The average Bonchev–Trinajstić information content (AvgIpc) is 2.90. The molecule has 0 aliphatic heterocycles. The molecule has 4 rings (SSSR count). The maximum absolute atomic E-state index is 11.8. The Hall–Kier alpha value is 1.21. The van der Waals surface area contributed by atoms with E-state index < -0.39 is 26.5 Å². The Kier molecular flexibility index (Phi) is 19.4. The summed E-state index contributed by atoms with van der Waals surface area (Å²) in [7, 11) is -4.98. The quantitative estimate of drug-likeness (QED) is 0.0228. The van der Waals surface area contributed by atoms with Gasteiger partial charge in [0, 0.05) is 10.3 Å². The number of phenols is 1. The van der Waals surface area contributed by atoms with Crippen molar-refractivity contribution in [3.63, 3.8) is 0 Å². The van der Waals surface area contributed by atoms with Crippen molar-refractivity contribution in [2.75, 3.05) is 16.2 Å². The van der Waals surface area contributed by atoms with Gasteiger partial charge in [-0.05, 0) is 47.9 Å². The van der Waals surface area contributed by atoms with E-state index >= 15 is 0 Å². The number of H-pyrrole nitrogens is 1. The second kappa shape index (κ2) is 19.8. The zero-order chi connectivity index (χ0) is 28.0. The summed E-state index contributed by atoms with van der Waals surface area (Å²) in [5.41, 5.74) is 5.04. The second-order valence-corrected chi connectivity index (χ2v) is 10.0. The van der Waals surface area contributed by atoms with Crippen molar-refractivity contribution in [2.24, 2.45) is 0 Å². The number of hydrazine groups is 1. The number of hydrogen-bond acceptors (Lipinski definition) is 18. The van der Waals surface area contributed by atoms with Gasteiger partial charge in [0.25, 0.3) is 0 Å². The second-order valence-electron chi connectivity index (χ2n) is 7.11. The third-order valence-electron chi connectivity index (χ3n) is 4.77. The number of nitrogens with zero attached hydrogens (tertiary/aromatic N) is 2. The largest absolute Gasteiger partial charge is 1.00 e. The van der Waals surface area contributed by atoms with Crippen LogP contribution >= 0.6 is 24.1 Å². The van der Waals surface area contributed by atoms with E-state index in [9.17, 15) is 33.4 Å². The van der Waals surface area contributed by atoms with Gasteiger partial charge in [0.1, 0.15) is 22.1 Å². The molecule has 0 fully saturated rings. The molecule has 0 unspecified atom stereocenters. The molecule has 0 amide bonds. The zero-order valence-electron chi connectivity index (χ0n) is 21.8. The number of phenolic OH excluding ortho intramolecular Hbond substituents is 1. The standard InChI is InChI=1S/C19H16N6O11S3.3K/c26-17-15-9(5-12(39(30,31)32)7-13(15)22-18-20-8-21-19(27)23-18)6-14(38-36-34-29)16(17)25-24-10-1-3-11(4-2-10)37-35-33-28;;;/h1-8,24-26,28-29H,(H,30,31,32)(H2,20,21,22,23,27);;;/q;3*+1/p-3. The number of benzene rings is 3. The molecule has 0 radical (unpaired) electrons. The van der Waals surface area contributed by atoms with Crippen molar-refractivity contribution in [3.8, 4) is 5.75 Å². The fourth-order valence-electron chi connectivity index (χ4n) is 3.23. The van der Waals surface area contributed by atoms with Crippen molar-refractivity contribution in [2.45, 2.75) is 14.7 Å². The molecular weight excluding hydrogens is 702 g/mol. The Morgan fingerprint density at radius 3 is 2.21 bits per heavy atom.